The molecular weight excluding hydrogens is 266 g/mol. The second-order valence-electron chi connectivity index (χ2n) is 5.90. The number of hydrogen-bond donors (Lipinski definition) is 1. The van der Waals surface area contributed by atoms with Crippen LogP contribution in [0.1, 0.15) is 32.0 Å². The second-order valence-corrected chi connectivity index (χ2v) is 5.90. The van der Waals surface area contributed by atoms with Crippen molar-refractivity contribution < 1.29 is 9.47 Å². The molecule has 0 aliphatic carbocycles. The van der Waals surface area contributed by atoms with E-state index in [1.165, 1.54) is 0 Å². The Labute approximate surface area is 125 Å². The van der Waals surface area contributed by atoms with Crippen LogP contribution in [0.2, 0.25) is 0 Å². The molecule has 2 rings (SSSR count). The zero-order chi connectivity index (χ0) is 15.6. The van der Waals surface area contributed by atoms with Crippen LogP contribution in [0.3, 0.4) is 0 Å². The number of benzene rings is 1. The highest BCUT2D eigenvalue weighted by Gasteiger charge is 2.27. The number of ether oxygens (including phenoxy) is 2. The van der Waals surface area contributed by atoms with E-state index in [4.69, 9.17) is 20.3 Å². The van der Waals surface area contributed by atoms with E-state index in [2.05, 4.69) is 20.8 Å². The van der Waals surface area contributed by atoms with E-state index in [1.54, 1.807) is 18.9 Å². The molecule has 21 heavy (non-hydrogen) atoms. The smallest absolute Gasteiger partial charge is 0.221 e. The molecule has 0 bridgehead atoms. The van der Waals surface area contributed by atoms with Gasteiger partial charge in [0.15, 0.2) is 0 Å². The first kappa shape index (κ1) is 15.4. The molecule has 5 heteroatoms. The van der Waals surface area contributed by atoms with Gasteiger partial charge < -0.3 is 15.2 Å². The first-order valence-electron chi connectivity index (χ1n) is 6.93. The van der Waals surface area contributed by atoms with Crippen molar-refractivity contribution in [2.75, 3.05) is 14.2 Å². The SMILES string of the molecule is COc1ccc(-n2nc(C(C)(C)C)c(CN)c2OC)cc1. The van der Waals surface area contributed by atoms with Gasteiger partial charge >= 0.3 is 0 Å². The molecule has 0 unspecified atom stereocenters. The predicted molar refractivity (Wildman–Crippen MR) is 83.3 cm³/mol. The molecule has 0 radical (unpaired) electrons. The Kier molecular flexibility index (Phi) is 4.23. The standard InChI is InChI=1S/C16H23N3O2/c1-16(2,3)14-13(10-17)15(21-5)19(18-14)11-6-8-12(20-4)9-7-11/h6-9H,10,17H2,1-5H3. The van der Waals surface area contributed by atoms with Crippen molar-refractivity contribution in [3.63, 3.8) is 0 Å². The van der Waals surface area contributed by atoms with Crippen LogP contribution >= 0.6 is 0 Å². The Morgan fingerprint density at radius 2 is 1.71 bits per heavy atom. The molecule has 2 N–H and O–H groups in total. The highest BCUT2D eigenvalue weighted by atomic mass is 16.5. The van der Waals surface area contributed by atoms with Crippen LogP contribution in [0.25, 0.3) is 5.69 Å². The Bertz CT molecular complexity index is 610. The largest absolute Gasteiger partial charge is 0.497 e. The molecule has 0 saturated carbocycles. The zero-order valence-electron chi connectivity index (χ0n) is 13.3. The van der Waals surface area contributed by atoms with Crippen molar-refractivity contribution in [2.24, 2.45) is 5.73 Å². The van der Waals surface area contributed by atoms with Gasteiger partial charge in [-0.3, -0.25) is 0 Å². The van der Waals surface area contributed by atoms with Gasteiger partial charge in [0.1, 0.15) is 5.75 Å². The van der Waals surface area contributed by atoms with Crippen LogP contribution in [-0.4, -0.2) is 24.0 Å². The fourth-order valence-electron chi connectivity index (χ4n) is 2.33. The van der Waals surface area contributed by atoms with Crippen molar-refractivity contribution in [2.45, 2.75) is 32.7 Å². The molecule has 5 nitrogen and oxygen atoms in total. The van der Waals surface area contributed by atoms with Crippen LogP contribution in [0.4, 0.5) is 0 Å². The van der Waals surface area contributed by atoms with Gasteiger partial charge in [-0.15, -0.1) is 0 Å². The lowest BCUT2D eigenvalue weighted by Gasteiger charge is -2.16. The summed E-state index contributed by atoms with van der Waals surface area (Å²) in [6, 6.07) is 7.69. The van der Waals surface area contributed by atoms with Gasteiger partial charge in [-0.1, -0.05) is 20.8 Å². The minimum absolute atomic E-state index is 0.0975. The Morgan fingerprint density at radius 1 is 1.10 bits per heavy atom. The Morgan fingerprint density at radius 3 is 2.14 bits per heavy atom. The van der Waals surface area contributed by atoms with Gasteiger partial charge in [0.2, 0.25) is 5.88 Å². The number of aromatic nitrogens is 2. The third-order valence-electron chi connectivity index (χ3n) is 3.36. The molecule has 0 saturated heterocycles. The summed E-state index contributed by atoms with van der Waals surface area (Å²) in [5.41, 5.74) is 8.63. The Balaban J connectivity index is 2.59. The first-order valence-corrected chi connectivity index (χ1v) is 6.93. The van der Waals surface area contributed by atoms with Crippen molar-refractivity contribution in [3.05, 3.63) is 35.5 Å². The van der Waals surface area contributed by atoms with Gasteiger partial charge in [-0.25, -0.2) is 4.68 Å². The van der Waals surface area contributed by atoms with Gasteiger partial charge in [-0.05, 0) is 24.3 Å². The third kappa shape index (κ3) is 2.88. The highest BCUT2D eigenvalue weighted by Crippen LogP contribution is 2.33. The molecule has 1 aromatic carbocycles. The summed E-state index contributed by atoms with van der Waals surface area (Å²) in [6.07, 6.45) is 0. The van der Waals surface area contributed by atoms with E-state index in [0.29, 0.717) is 12.4 Å². The zero-order valence-corrected chi connectivity index (χ0v) is 13.3. The topological polar surface area (TPSA) is 62.3 Å². The molecule has 0 atom stereocenters. The lowest BCUT2D eigenvalue weighted by Crippen LogP contribution is -2.16. The molecule has 1 aromatic heterocycles. The molecule has 0 spiro atoms. The van der Waals surface area contributed by atoms with Crippen molar-refractivity contribution in [1.82, 2.24) is 9.78 Å². The summed E-state index contributed by atoms with van der Waals surface area (Å²) < 4.78 is 12.5. The molecule has 0 aliphatic rings. The number of methoxy groups -OCH3 is 2. The van der Waals surface area contributed by atoms with E-state index in [-0.39, 0.29) is 5.41 Å². The Hall–Kier alpha value is -2.01. The van der Waals surface area contributed by atoms with Crippen LogP contribution in [0.15, 0.2) is 24.3 Å². The number of rotatable bonds is 4. The monoisotopic (exact) mass is 289 g/mol. The highest BCUT2D eigenvalue weighted by molar-refractivity contribution is 5.45. The first-order chi connectivity index (χ1) is 9.92. The van der Waals surface area contributed by atoms with E-state index in [0.717, 1.165) is 22.7 Å². The van der Waals surface area contributed by atoms with Crippen molar-refractivity contribution in [3.8, 4) is 17.3 Å². The van der Waals surface area contributed by atoms with Gasteiger partial charge in [0.05, 0.1) is 31.2 Å². The van der Waals surface area contributed by atoms with Crippen LogP contribution in [0.5, 0.6) is 11.6 Å². The number of nitrogens with zero attached hydrogens (tertiary/aromatic N) is 2. The lowest BCUT2D eigenvalue weighted by molar-refractivity contribution is 0.379. The minimum atomic E-state index is -0.0975. The second kappa shape index (κ2) is 5.77. The maximum absolute atomic E-state index is 5.91. The van der Waals surface area contributed by atoms with Crippen LogP contribution in [-0.2, 0) is 12.0 Å². The predicted octanol–water partition coefficient (Wildman–Crippen LogP) is 2.65. The van der Waals surface area contributed by atoms with E-state index < -0.39 is 0 Å². The minimum Gasteiger partial charge on any atom is -0.497 e. The maximum Gasteiger partial charge on any atom is 0.221 e. The summed E-state index contributed by atoms with van der Waals surface area (Å²) in [7, 11) is 3.29. The molecule has 2 aromatic rings. The molecule has 0 fully saturated rings. The number of hydrogen-bond acceptors (Lipinski definition) is 4. The van der Waals surface area contributed by atoms with Gasteiger partial charge in [0, 0.05) is 12.0 Å². The summed E-state index contributed by atoms with van der Waals surface area (Å²) in [5, 5.41) is 4.72. The molecule has 1 heterocycles. The summed E-state index contributed by atoms with van der Waals surface area (Å²) >= 11 is 0. The van der Waals surface area contributed by atoms with E-state index in [9.17, 15) is 0 Å². The van der Waals surface area contributed by atoms with E-state index in [1.807, 2.05) is 24.3 Å². The molecule has 0 amide bonds. The molecule has 114 valence electrons. The average Bonchev–Trinajstić information content (AvgIpc) is 2.85. The molecule has 0 aliphatic heterocycles. The van der Waals surface area contributed by atoms with Crippen molar-refractivity contribution >= 4 is 0 Å². The fraction of sp³-hybridized carbons (Fsp3) is 0.438. The van der Waals surface area contributed by atoms with Crippen molar-refractivity contribution in [1.29, 1.82) is 0 Å². The van der Waals surface area contributed by atoms with Crippen LogP contribution in [0, 0.1) is 0 Å². The average molecular weight is 289 g/mol. The normalized spacial score (nSPS) is 11.5. The summed E-state index contributed by atoms with van der Waals surface area (Å²) in [6.45, 7) is 6.75. The maximum atomic E-state index is 5.91. The van der Waals surface area contributed by atoms with E-state index >= 15 is 0 Å². The molecular formula is C16H23N3O2. The fourth-order valence-corrected chi connectivity index (χ4v) is 2.33. The lowest BCUT2D eigenvalue weighted by atomic mass is 9.89. The summed E-state index contributed by atoms with van der Waals surface area (Å²) in [5.74, 6) is 1.49. The number of nitrogens with two attached hydrogens (primary N) is 1. The third-order valence-corrected chi connectivity index (χ3v) is 3.36. The summed E-state index contributed by atoms with van der Waals surface area (Å²) in [4.78, 5) is 0. The van der Waals surface area contributed by atoms with Crippen LogP contribution < -0.4 is 15.2 Å². The quantitative estimate of drug-likeness (QED) is 0.940. The van der Waals surface area contributed by atoms with Gasteiger partial charge in [-0.2, -0.15) is 5.10 Å². The van der Waals surface area contributed by atoms with Gasteiger partial charge in [0.25, 0.3) is 0 Å².